The van der Waals surface area contributed by atoms with Gasteiger partial charge in [0.05, 0.1) is 45.3 Å². The molecule has 2 unspecified atom stereocenters. The minimum absolute atomic E-state index is 0.431. The smallest absolute Gasteiger partial charge is 0.399 e. The summed E-state index contributed by atoms with van der Waals surface area (Å²) in [6.07, 6.45) is 0. The largest absolute Gasteiger partial charge is 0.494 e. The van der Waals surface area contributed by atoms with Crippen LogP contribution in [0.4, 0.5) is 0 Å². The summed E-state index contributed by atoms with van der Waals surface area (Å²) in [5, 5.41) is 24.3. The second-order valence-corrected chi connectivity index (χ2v) is 35.4. The van der Waals surface area contributed by atoms with Crippen LogP contribution in [0.1, 0.15) is 83.3 Å². The molecule has 20 aromatic rings. The van der Waals surface area contributed by atoms with Gasteiger partial charge in [-0.1, -0.05) is 392 Å². The summed E-state index contributed by atoms with van der Waals surface area (Å²) in [4.78, 5) is 29.3. The van der Waals surface area contributed by atoms with Gasteiger partial charge in [-0.2, -0.15) is 10.5 Å². The maximum absolute atomic E-state index is 9.80. The molecule has 0 saturated carbocycles. The van der Waals surface area contributed by atoms with Crippen molar-refractivity contribution in [1.29, 1.82) is 10.5 Å². The molecule has 3 heterocycles. The van der Waals surface area contributed by atoms with Crippen molar-refractivity contribution in [2.45, 2.75) is 49.7 Å². The van der Waals surface area contributed by atoms with Crippen molar-refractivity contribution in [1.82, 2.24) is 29.9 Å². The number of hydrogen-bond donors (Lipinski definition) is 0. The molecule has 3 aliphatic rings. The molecule has 12 heteroatoms. The number of halogens is 1. The first-order valence-electron chi connectivity index (χ1n) is 44.3. The van der Waals surface area contributed by atoms with E-state index in [-0.39, 0.29) is 0 Å². The average Bonchev–Trinajstić information content (AvgIpc) is 1.53. The SMILES string of the molecule is Brc1cccc(-c2cccc(-c3nc(-c4ccccc4)nc(-c4ccccc4)n3)c2)c1.CC1(C)OB(c2ccc3c(c2)C(c2ccccc2)(c2ccc(C#N)cc2)c2ccc4ccccc4c2-3)OC1(C)C.N#Cc1ccc(C2(c3ccccc3)c3cc(-c4cccc(-c5cccc(-c6nc(-c7ccccc7)nc(-c7ccccc7)n6)c5)c4)ccc3-c3c2ccc2ccccc32)cc1. The summed E-state index contributed by atoms with van der Waals surface area (Å²) in [5.41, 5.74) is 27.0. The number of nitrogens with zero attached hydrogens (tertiary/aromatic N) is 8. The van der Waals surface area contributed by atoms with Crippen LogP contribution in [-0.4, -0.2) is 48.2 Å². The maximum Gasteiger partial charge on any atom is 0.494 e. The van der Waals surface area contributed by atoms with Crippen LogP contribution in [0.15, 0.2) is 441 Å². The Morgan fingerprint density at radius 2 is 0.545 bits per heavy atom. The zero-order valence-corrected chi connectivity index (χ0v) is 74.5. The van der Waals surface area contributed by atoms with E-state index in [0.717, 1.165) is 87.8 Å². The Kier molecular flexibility index (Phi) is 21.9. The second-order valence-electron chi connectivity index (χ2n) is 34.5. The maximum atomic E-state index is 9.80. The van der Waals surface area contributed by atoms with E-state index in [1.165, 1.54) is 77.2 Å². The summed E-state index contributed by atoms with van der Waals surface area (Å²) in [7, 11) is -0.467. The van der Waals surface area contributed by atoms with Crippen LogP contribution < -0.4 is 5.46 Å². The molecule has 1 fully saturated rings. The third-order valence-electron chi connectivity index (χ3n) is 26.2. The van der Waals surface area contributed by atoms with Gasteiger partial charge in [-0.15, -0.1) is 0 Å². The molecule has 18 aromatic carbocycles. The van der Waals surface area contributed by atoms with Gasteiger partial charge in [0.15, 0.2) is 34.9 Å². The van der Waals surface area contributed by atoms with E-state index in [0.29, 0.717) is 46.1 Å². The molecule has 0 radical (unpaired) electrons. The van der Waals surface area contributed by atoms with E-state index in [9.17, 15) is 10.5 Å². The Bertz CT molecular complexity index is 7740. The Hall–Kier alpha value is -16.1. The minimum Gasteiger partial charge on any atom is -0.399 e. The third kappa shape index (κ3) is 15.2. The molecule has 0 spiro atoms. The summed E-state index contributed by atoms with van der Waals surface area (Å²) < 4.78 is 14.1. The van der Waals surface area contributed by atoms with E-state index in [1.54, 1.807) is 0 Å². The van der Waals surface area contributed by atoms with Crippen LogP contribution in [0.5, 0.6) is 0 Å². The van der Waals surface area contributed by atoms with Crippen molar-refractivity contribution >= 4 is 50.1 Å². The summed E-state index contributed by atoms with van der Waals surface area (Å²) in [6, 6.07) is 156. The lowest BCUT2D eigenvalue weighted by Gasteiger charge is -2.34. The highest BCUT2D eigenvalue weighted by Gasteiger charge is 2.54. The molecule has 1 saturated heterocycles. The van der Waals surface area contributed by atoms with E-state index in [4.69, 9.17) is 39.2 Å². The first-order valence-corrected chi connectivity index (χ1v) is 45.1. The molecule has 2 aromatic heterocycles. The molecule has 132 heavy (non-hydrogen) atoms. The van der Waals surface area contributed by atoms with E-state index in [1.807, 2.05) is 170 Å². The fraction of sp³-hybridized carbons (Fsp3) is 0.0667. The number of nitriles is 2. The van der Waals surface area contributed by atoms with Crippen LogP contribution in [0.25, 0.3) is 146 Å². The topological polar surface area (TPSA) is 143 Å². The first-order chi connectivity index (χ1) is 64.7. The van der Waals surface area contributed by atoms with Gasteiger partial charge in [-0.25, -0.2) is 29.9 Å². The summed E-state index contributed by atoms with van der Waals surface area (Å²) >= 11 is 3.56. The highest BCUT2D eigenvalue weighted by Crippen LogP contribution is 2.61. The van der Waals surface area contributed by atoms with Gasteiger partial charge in [-0.05, 0) is 216 Å². The van der Waals surface area contributed by atoms with E-state index in [2.05, 4.69) is 323 Å². The fourth-order valence-corrected chi connectivity index (χ4v) is 19.5. The van der Waals surface area contributed by atoms with E-state index >= 15 is 0 Å². The van der Waals surface area contributed by atoms with Gasteiger partial charge in [0.1, 0.15) is 0 Å². The minimum atomic E-state index is -0.617. The molecule has 0 amide bonds. The second kappa shape index (κ2) is 34.8. The number of benzene rings is 18. The van der Waals surface area contributed by atoms with Crippen molar-refractivity contribution in [3.8, 4) is 136 Å². The molecular formula is C120H84BBrN8O2. The van der Waals surface area contributed by atoms with Crippen LogP contribution in [0.3, 0.4) is 0 Å². The summed E-state index contributed by atoms with van der Waals surface area (Å²) in [6.45, 7) is 8.36. The monoisotopic (exact) mass is 1760 g/mol. The van der Waals surface area contributed by atoms with Gasteiger partial charge < -0.3 is 9.31 Å². The molecule has 23 rings (SSSR count). The lowest BCUT2D eigenvalue weighted by molar-refractivity contribution is 0.00578. The quantitative estimate of drug-likeness (QED) is 0.0965. The highest BCUT2D eigenvalue weighted by molar-refractivity contribution is 9.10. The van der Waals surface area contributed by atoms with Crippen molar-refractivity contribution in [3.63, 3.8) is 0 Å². The van der Waals surface area contributed by atoms with Gasteiger partial charge in [-0.3, -0.25) is 0 Å². The molecule has 0 N–H and O–H groups in total. The summed E-state index contributed by atoms with van der Waals surface area (Å²) in [5.74, 6) is 3.88. The molecule has 626 valence electrons. The van der Waals surface area contributed by atoms with Crippen LogP contribution in [-0.2, 0) is 20.1 Å². The number of rotatable bonds is 14. The standard InChI is InChI=1S/C57H36N4.C36H30BNO2.C27H18BrN3/c58-37-38-26-30-48(31-27-38)57(47-23-8-3-9-24-47)51-33-29-39-14-10-11-25-49(39)53(51)50-32-28-45(36-52(50)57)43-20-12-19-42(34-43)44-21-13-22-46(35-44)56-60-54(40-15-4-1-5-16-40)59-55(61-56)41-17-6-2-7-18-41;1-34(2)35(3,4)40-37(39-34)28-19-20-30-32(22-28)36(26-11-6-5-7-12-26,27-17-14-24(23-38)15-18-27)31-21-16-25-10-8-9-13-29(25)33(30)31;28-24-16-8-14-22(18-24)21-13-7-15-23(17-21)27-30-25(19-9-3-1-4-10-19)29-26(31-27)20-11-5-2-6-12-20/h1-36H;5-22H,1-4H3;1-18H. The van der Waals surface area contributed by atoms with Crippen molar-refractivity contribution < 1.29 is 9.31 Å². The predicted octanol–water partition coefficient (Wildman–Crippen LogP) is 28.3. The molecule has 10 nitrogen and oxygen atoms in total. The Balaban J connectivity index is 0.000000128. The number of fused-ring (bicyclic) bond motifs is 10. The molecule has 2 aliphatic carbocycles. The Morgan fingerprint density at radius 3 is 0.924 bits per heavy atom. The third-order valence-corrected chi connectivity index (χ3v) is 26.7. The molecule has 1 aliphatic heterocycles. The highest BCUT2D eigenvalue weighted by atomic mass is 79.9. The molecule has 0 bridgehead atoms. The zero-order chi connectivity index (χ0) is 89.5. The van der Waals surface area contributed by atoms with Crippen LogP contribution >= 0.6 is 15.9 Å². The fourth-order valence-electron chi connectivity index (χ4n) is 19.1. The van der Waals surface area contributed by atoms with Gasteiger partial charge in [0.25, 0.3) is 0 Å². The van der Waals surface area contributed by atoms with Crippen LogP contribution in [0, 0.1) is 22.7 Å². The number of hydrogen-bond acceptors (Lipinski definition) is 10. The lowest BCUT2D eigenvalue weighted by Crippen LogP contribution is -2.41. The molecular weight excluding hydrogens is 1680 g/mol. The number of aromatic nitrogens is 6. The van der Waals surface area contributed by atoms with Crippen molar-refractivity contribution in [2.75, 3.05) is 0 Å². The Morgan fingerprint density at radius 1 is 0.250 bits per heavy atom. The average molecular weight is 1760 g/mol. The van der Waals surface area contributed by atoms with Crippen molar-refractivity contribution in [3.05, 3.63) is 497 Å². The van der Waals surface area contributed by atoms with Crippen LogP contribution in [0.2, 0.25) is 0 Å². The van der Waals surface area contributed by atoms with Gasteiger partial charge >= 0.3 is 7.12 Å². The van der Waals surface area contributed by atoms with Crippen molar-refractivity contribution in [2.24, 2.45) is 0 Å². The molecule has 2 atom stereocenters. The Labute approximate surface area is 776 Å². The zero-order valence-electron chi connectivity index (χ0n) is 72.9. The van der Waals surface area contributed by atoms with Gasteiger partial charge in [0, 0.05) is 37.9 Å². The lowest BCUT2D eigenvalue weighted by atomic mass is 9.66. The predicted molar refractivity (Wildman–Crippen MR) is 537 cm³/mol. The van der Waals surface area contributed by atoms with E-state index < -0.39 is 29.2 Å². The normalized spacial score (nSPS) is 15.1. The first kappa shape index (κ1) is 82.9. The van der Waals surface area contributed by atoms with Gasteiger partial charge in [0.2, 0.25) is 0 Å².